The second-order valence-corrected chi connectivity index (χ2v) is 7.94. The lowest BCUT2D eigenvalue weighted by Crippen LogP contribution is -2.36. The van der Waals surface area contributed by atoms with Crippen LogP contribution in [0.5, 0.6) is 0 Å². The quantitative estimate of drug-likeness (QED) is 0.627. The van der Waals surface area contributed by atoms with Gasteiger partial charge in [0.1, 0.15) is 0 Å². The van der Waals surface area contributed by atoms with Crippen LogP contribution in [0.4, 0.5) is 0 Å². The van der Waals surface area contributed by atoms with Gasteiger partial charge < -0.3 is 0 Å². The van der Waals surface area contributed by atoms with Crippen LogP contribution in [0.1, 0.15) is 19.3 Å². The molecule has 0 amide bonds. The average molecular weight is 280 g/mol. The van der Waals surface area contributed by atoms with Crippen molar-refractivity contribution >= 4 is 0 Å². The first-order valence-corrected chi connectivity index (χ1v) is 8.75. The van der Waals surface area contributed by atoms with Crippen LogP contribution in [-0.2, 0) is 0 Å². The molecular formula is C21H28. The monoisotopic (exact) mass is 280 g/mol. The van der Waals surface area contributed by atoms with Crippen LogP contribution in [0.3, 0.4) is 0 Å². The highest BCUT2D eigenvalue weighted by Crippen LogP contribution is 2.72. The Balaban J connectivity index is 1.73. The summed E-state index contributed by atoms with van der Waals surface area (Å²) in [5, 5.41) is 0. The van der Waals surface area contributed by atoms with Gasteiger partial charge in [-0.15, -0.1) is 26.3 Å². The summed E-state index contributed by atoms with van der Waals surface area (Å²) in [6.07, 6.45) is 13.0. The molecule has 0 N–H and O–H groups in total. The Morgan fingerprint density at radius 3 is 1.00 bits per heavy atom. The van der Waals surface area contributed by atoms with E-state index in [0.29, 0.717) is 0 Å². The van der Waals surface area contributed by atoms with Crippen LogP contribution in [0, 0.1) is 59.2 Å². The maximum atomic E-state index is 4.14. The van der Waals surface area contributed by atoms with E-state index in [0.717, 1.165) is 59.2 Å². The first-order valence-electron chi connectivity index (χ1n) is 8.75. The molecule has 4 saturated carbocycles. The van der Waals surface area contributed by atoms with Gasteiger partial charge in [0.05, 0.1) is 0 Å². The molecular weight excluding hydrogens is 252 g/mol. The summed E-state index contributed by atoms with van der Waals surface area (Å²) < 4.78 is 0. The zero-order valence-electron chi connectivity index (χ0n) is 13.0. The van der Waals surface area contributed by atoms with E-state index in [2.05, 4.69) is 50.6 Å². The Kier molecular flexibility index (Phi) is 3.07. The highest BCUT2D eigenvalue weighted by molar-refractivity contribution is 5.21. The fourth-order valence-corrected chi connectivity index (χ4v) is 7.28. The van der Waals surface area contributed by atoms with E-state index in [1.807, 2.05) is 0 Å². The molecule has 8 unspecified atom stereocenters. The second-order valence-electron chi connectivity index (χ2n) is 7.94. The van der Waals surface area contributed by atoms with Crippen molar-refractivity contribution in [3.8, 4) is 0 Å². The van der Waals surface area contributed by atoms with Gasteiger partial charge in [0.2, 0.25) is 0 Å². The minimum Gasteiger partial charge on any atom is -0.103 e. The zero-order valence-corrected chi connectivity index (χ0v) is 13.0. The highest BCUT2D eigenvalue weighted by atomic mass is 14.7. The molecule has 0 saturated heterocycles. The predicted molar refractivity (Wildman–Crippen MR) is 89.5 cm³/mol. The van der Waals surface area contributed by atoms with Crippen LogP contribution >= 0.6 is 0 Å². The Labute approximate surface area is 129 Å². The summed E-state index contributed by atoms with van der Waals surface area (Å²) in [4.78, 5) is 0. The lowest BCUT2D eigenvalue weighted by molar-refractivity contribution is 0.0905. The number of rotatable bonds is 4. The molecule has 112 valence electrons. The third kappa shape index (κ3) is 1.57. The third-order valence-electron chi connectivity index (χ3n) is 7.69. The fraction of sp³-hybridized carbons (Fsp3) is 0.619. The Morgan fingerprint density at radius 2 is 0.762 bits per heavy atom. The van der Waals surface area contributed by atoms with E-state index in [9.17, 15) is 0 Å². The van der Waals surface area contributed by atoms with Crippen molar-refractivity contribution in [3.63, 3.8) is 0 Å². The van der Waals surface area contributed by atoms with Gasteiger partial charge in [-0.3, -0.25) is 0 Å². The summed E-state index contributed by atoms with van der Waals surface area (Å²) in [5.74, 6) is 8.22. The molecule has 4 rings (SSSR count). The molecule has 0 heterocycles. The molecule has 0 aromatic carbocycles. The maximum Gasteiger partial charge on any atom is -0.0196 e. The van der Waals surface area contributed by atoms with Crippen LogP contribution in [0.2, 0.25) is 0 Å². The van der Waals surface area contributed by atoms with Crippen molar-refractivity contribution in [1.82, 2.24) is 0 Å². The van der Waals surface area contributed by atoms with Crippen molar-refractivity contribution in [2.24, 2.45) is 59.2 Å². The van der Waals surface area contributed by atoms with Gasteiger partial charge in [-0.2, -0.15) is 0 Å². The minimum absolute atomic E-state index is 0.724. The van der Waals surface area contributed by atoms with Crippen LogP contribution < -0.4 is 0 Å². The van der Waals surface area contributed by atoms with Crippen molar-refractivity contribution in [2.75, 3.05) is 0 Å². The lowest BCUT2D eigenvalue weighted by Gasteiger charge is -2.40. The van der Waals surface area contributed by atoms with Crippen LogP contribution in [0.25, 0.3) is 0 Å². The molecule has 0 aromatic heterocycles. The number of hydrogen-bond acceptors (Lipinski definition) is 0. The average Bonchev–Trinajstić information content (AvgIpc) is 3.22. The zero-order chi connectivity index (χ0) is 14.7. The number of allylic oxidation sites excluding steroid dienone is 4. The highest BCUT2D eigenvalue weighted by Gasteiger charge is 2.66. The maximum absolute atomic E-state index is 4.14. The van der Waals surface area contributed by atoms with Gasteiger partial charge in [-0.05, 0) is 78.4 Å². The minimum atomic E-state index is 0.724. The molecule has 0 nitrogen and oxygen atoms in total. The van der Waals surface area contributed by atoms with E-state index in [4.69, 9.17) is 0 Å². The van der Waals surface area contributed by atoms with E-state index in [1.165, 1.54) is 19.3 Å². The van der Waals surface area contributed by atoms with Gasteiger partial charge in [-0.25, -0.2) is 0 Å². The first-order chi connectivity index (χ1) is 10.2. The molecule has 2 bridgehead atoms. The molecule has 0 spiro atoms. The largest absolute Gasteiger partial charge is 0.103 e. The molecule has 4 fully saturated rings. The van der Waals surface area contributed by atoms with E-state index >= 15 is 0 Å². The summed E-state index contributed by atoms with van der Waals surface area (Å²) in [6.45, 7) is 16.6. The Bertz CT molecular complexity index is 402. The molecule has 4 aliphatic carbocycles. The van der Waals surface area contributed by atoms with Gasteiger partial charge in [0.15, 0.2) is 0 Å². The van der Waals surface area contributed by atoms with Crippen LogP contribution in [-0.4, -0.2) is 0 Å². The van der Waals surface area contributed by atoms with Crippen molar-refractivity contribution in [3.05, 3.63) is 50.6 Å². The smallest absolute Gasteiger partial charge is 0.0196 e. The van der Waals surface area contributed by atoms with Gasteiger partial charge in [0, 0.05) is 0 Å². The van der Waals surface area contributed by atoms with E-state index in [-0.39, 0.29) is 0 Å². The molecule has 0 aromatic rings. The molecule has 8 atom stereocenters. The first kappa shape index (κ1) is 13.6. The molecule has 4 aliphatic rings. The van der Waals surface area contributed by atoms with Gasteiger partial charge in [0.25, 0.3) is 0 Å². The van der Waals surface area contributed by atoms with Gasteiger partial charge >= 0.3 is 0 Å². The SMILES string of the molecule is C=CC1CC(C=C)C2C3CC(C12)C1C(C=C)CC(C=C)C31. The van der Waals surface area contributed by atoms with Gasteiger partial charge in [-0.1, -0.05) is 24.3 Å². The second kappa shape index (κ2) is 4.73. The molecule has 21 heavy (non-hydrogen) atoms. The third-order valence-corrected chi connectivity index (χ3v) is 7.69. The van der Waals surface area contributed by atoms with E-state index < -0.39 is 0 Å². The molecule has 0 radical (unpaired) electrons. The summed E-state index contributed by atoms with van der Waals surface area (Å²) in [5.41, 5.74) is 0. The molecule has 0 aliphatic heterocycles. The predicted octanol–water partition coefficient (Wildman–Crippen LogP) is 5.12. The Hall–Kier alpha value is -1.04. The summed E-state index contributed by atoms with van der Waals surface area (Å²) in [7, 11) is 0. The fourth-order valence-electron chi connectivity index (χ4n) is 7.28. The normalized spacial score (nSPS) is 56.8. The van der Waals surface area contributed by atoms with Crippen molar-refractivity contribution in [2.45, 2.75) is 19.3 Å². The summed E-state index contributed by atoms with van der Waals surface area (Å²) >= 11 is 0. The van der Waals surface area contributed by atoms with E-state index in [1.54, 1.807) is 0 Å². The number of hydrogen-bond donors (Lipinski definition) is 0. The van der Waals surface area contributed by atoms with Crippen molar-refractivity contribution in [1.29, 1.82) is 0 Å². The molecule has 0 heteroatoms. The Morgan fingerprint density at radius 1 is 0.476 bits per heavy atom. The topological polar surface area (TPSA) is 0 Å². The van der Waals surface area contributed by atoms with Crippen LogP contribution in [0.15, 0.2) is 50.6 Å². The van der Waals surface area contributed by atoms with Crippen molar-refractivity contribution < 1.29 is 0 Å². The lowest BCUT2D eigenvalue weighted by atomic mass is 9.64. The number of fused-ring (bicyclic) bond motifs is 8. The standard InChI is InChI=1S/C21H28/c1-5-12-9-13(6-2)19-17-11-16(18(12)19)20-14(7-3)10-15(8-4)21(17)20/h5-8,12-21H,1-4,9-11H2. The summed E-state index contributed by atoms with van der Waals surface area (Å²) in [6, 6.07) is 0.